The monoisotopic (exact) mass is 231 g/mol. The Labute approximate surface area is 104 Å². The maximum absolute atomic E-state index is 10.6. The molecule has 0 heterocycles. The fraction of sp³-hybridized carbons (Fsp3) is 0.533. The van der Waals surface area contributed by atoms with Crippen LogP contribution in [0, 0.1) is 16.7 Å². The highest BCUT2D eigenvalue weighted by Crippen LogP contribution is 2.41. The number of hydrogen-bond donors (Lipinski definition) is 1. The summed E-state index contributed by atoms with van der Waals surface area (Å²) in [5, 5.41) is 19.9. The Hall–Kier alpha value is -1.33. The van der Waals surface area contributed by atoms with Crippen molar-refractivity contribution in [2.45, 2.75) is 46.1 Å². The second-order valence-corrected chi connectivity index (χ2v) is 4.92. The van der Waals surface area contributed by atoms with Crippen molar-refractivity contribution in [3.63, 3.8) is 0 Å². The number of aliphatic hydroxyl groups is 1. The quantitative estimate of drug-likeness (QED) is 0.863. The maximum Gasteiger partial charge on any atom is 0.105 e. The molecular formula is C15H21NO. The molecule has 1 aromatic carbocycles. The van der Waals surface area contributed by atoms with E-state index in [-0.39, 0.29) is 0 Å². The second kappa shape index (κ2) is 4.89. The van der Waals surface area contributed by atoms with E-state index in [1.54, 1.807) is 13.8 Å². The van der Waals surface area contributed by atoms with Crippen LogP contribution in [0.5, 0.6) is 0 Å². The Morgan fingerprint density at radius 2 is 1.71 bits per heavy atom. The van der Waals surface area contributed by atoms with Gasteiger partial charge in [0.2, 0.25) is 0 Å². The van der Waals surface area contributed by atoms with Crippen LogP contribution in [0.1, 0.15) is 45.2 Å². The van der Waals surface area contributed by atoms with Crippen molar-refractivity contribution < 1.29 is 5.11 Å². The average Bonchev–Trinajstić information content (AvgIpc) is 2.37. The average molecular weight is 231 g/mol. The SMILES string of the molecule is CCc1ccc(C(C)(O)C(C)(C#N)CC)cc1. The van der Waals surface area contributed by atoms with E-state index < -0.39 is 11.0 Å². The lowest BCUT2D eigenvalue weighted by molar-refractivity contribution is -0.0379. The summed E-state index contributed by atoms with van der Waals surface area (Å²) in [6.45, 7) is 7.55. The van der Waals surface area contributed by atoms with E-state index in [1.807, 2.05) is 31.2 Å². The minimum absolute atomic E-state index is 0.617. The Morgan fingerprint density at radius 3 is 2.06 bits per heavy atom. The van der Waals surface area contributed by atoms with Gasteiger partial charge in [-0.3, -0.25) is 0 Å². The Morgan fingerprint density at radius 1 is 1.18 bits per heavy atom. The van der Waals surface area contributed by atoms with Crippen LogP contribution in [0.3, 0.4) is 0 Å². The van der Waals surface area contributed by atoms with Crippen LogP contribution >= 0.6 is 0 Å². The van der Waals surface area contributed by atoms with Gasteiger partial charge in [-0.15, -0.1) is 0 Å². The first-order valence-corrected chi connectivity index (χ1v) is 6.14. The molecule has 0 radical (unpaired) electrons. The van der Waals surface area contributed by atoms with E-state index in [2.05, 4.69) is 13.0 Å². The molecule has 92 valence electrons. The first-order valence-electron chi connectivity index (χ1n) is 6.14. The third-order valence-corrected chi connectivity index (χ3v) is 3.95. The molecule has 0 aliphatic rings. The van der Waals surface area contributed by atoms with Crippen molar-refractivity contribution >= 4 is 0 Å². The molecular weight excluding hydrogens is 210 g/mol. The molecule has 0 saturated heterocycles. The van der Waals surface area contributed by atoms with E-state index in [4.69, 9.17) is 0 Å². The summed E-state index contributed by atoms with van der Waals surface area (Å²) >= 11 is 0. The Kier molecular flexibility index (Phi) is 3.95. The first-order chi connectivity index (χ1) is 7.91. The number of nitrogens with zero attached hydrogens (tertiary/aromatic N) is 1. The van der Waals surface area contributed by atoms with E-state index in [9.17, 15) is 10.4 Å². The molecule has 2 heteroatoms. The highest BCUT2D eigenvalue weighted by atomic mass is 16.3. The van der Waals surface area contributed by atoms with Gasteiger partial charge in [-0.1, -0.05) is 38.1 Å². The van der Waals surface area contributed by atoms with Gasteiger partial charge in [0.25, 0.3) is 0 Å². The molecule has 0 bridgehead atoms. The molecule has 1 N–H and O–H groups in total. The Balaban J connectivity index is 3.16. The number of nitriles is 1. The smallest absolute Gasteiger partial charge is 0.105 e. The maximum atomic E-state index is 10.6. The molecule has 0 aliphatic carbocycles. The topological polar surface area (TPSA) is 44.0 Å². The zero-order chi connectivity index (χ0) is 13.1. The number of benzene rings is 1. The highest BCUT2D eigenvalue weighted by molar-refractivity contribution is 5.30. The van der Waals surface area contributed by atoms with Crippen LogP contribution < -0.4 is 0 Å². The number of aryl methyl sites for hydroxylation is 1. The fourth-order valence-electron chi connectivity index (χ4n) is 1.92. The van der Waals surface area contributed by atoms with Gasteiger partial charge in [-0.2, -0.15) is 5.26 Å². The minimum Gasteiger partial charge on any atom is -0.384 e. The minimum atomic E-state index is -1.12. The summed E-state index contributed by atoms with van der Waals surface area (Å²) in [4.78, 5) is 0. The predicted octanol–water partition coefficient (Wildman–Crippen LogP) is 3.40. The van der Waals surface area contributed by atoms with Crippen molar-refractivity contribution in [1.82, 2.24) is 0 Å². The zero-order valence-corrected chi connectivity index (χ0v) is 11.1. The summed E-state index contributed by atoms with van der Waals surface area (Å²) < 4.78 is 0. The molecule has 17 heavy (non-hydrogen) atoms. The summed E-state index contributed by atoms with van der Waals surface area (Å²) in [5.74, 6) is 0. The van der Waals surface area contributed by atoms with Crippen LogP contribution in [0.15, 0.2) is 24.3 Å². The molecule has 0 aromatic heterocycles. The molecule has 2 nitrogen and oxygen atoms in total. The summed E-state index contributed by atoms with van der Waals surface area (Å²) in [5.41, 5.74) is 0.157. The Bertz CT molecular complexity index is 414. The van der Waals surface area contributed by atoms with Gasteiger partial charge in [0, 0.05) is 0 Å². The van der Waals surface area contributed by atoms with Crippen molar-refractivity contribution in [3.05, 3.63) is 35.4 Å². The van der Waals surface area contributed by atoms with Gasteiger partial charge in [-0.05, 0) is 37.8 Å². The van der Waals surface area contributed by atoms with Gasteiger partial charge >= 0.3 is 0 Å². The van der Waals surface area contributed by atoms with Crippen LogP contribution in [0.25, 0.3) is 0 Å². The van der Waals surface area contributed by atoms with Gasteiger partial charge < -0.3 is 5.11 Å². The molecule has 1 rings (SSSR count). The van der Waals surface area contributed by atoms with Crippen LogP contribution in [0.4, 0.5) is 0 Å². The van der Waals surface area contributed by atoms with E-state index in [1.165, 1.54) is 5.56 Å². The predicted molar refractivity (Wildman–Crippen MR) is 69.4 cm³/mol. The van der Waals surface area contributed by atoms with E-state index in [0.29, 0.717) is 6.42 Å². The molecule has 0 amide bonds. The van der Waals surface area contributed by atoms with Crippen molar-refractivity contribution in [2.24, 2.45) is 5.41 Å². The number of rotatable bonds is 4. The van der Waals surface area contributed by atoms with E-state index in [0.717, 1.165) is 12.0 Å². The molecule has 0 spiro atoms. The summed E-state index contributed by atoms with van der Waals surface area (Å²) in [7, 11) is 0. The molecule has 0 fully saturated rings. The molecule has 0 aliphatic heterocycles. The van der Waals surface area contributed by atoms with Crippen molar-refractivity contribution in [1.29, 1.82) is 5.26 Å². The van der Waals surface area contributed by atoms with Gasteiger partial charge in [0.1, 0.15) is 5.60 Å². The highest BCUT2D eigenvalue weighted by Gasteiger charge is 2.43. The van der Waals surface area contributed by atoms with Crippen LogP contribution in [-0.2, 0) is 12.0 Å². The summed E-state index contributed by atoms with van der Waals surface area (Å²) in [6, 6.07) is 10.1. The van der Waals surface area contributed by atoms with Gasteiger partial charge in [0.05, 0.1) is 11.5 Å². The third kappa shape index (κ3) is 2.35. The number of hydrogen-bond acceptors (Lipinski definition) is 2. The lowest BCUT2D eigenvalue weighted by Crippen LogP contribution is -2.40. The van der Waals surface area contributed by atoms with Crippen LogP contribution in [0.2, 0.25) is 0 Å². The van der Waals surface area contributed by atoms with Gasteiger partial charge in [0.15, 0.2) is 0 Å². The standard InChI is InChI=1S/C15H21NO/c1-5-12-7-9-13(10-8-12)15(4,17)14(3,6-2)11-16/h7-10,17H,5-6H2,1-4H3. The van der Waals surface area contributed by atoms with Crippen molar-refractivity contribution in [3.8, 4) is 6.07 Å². The van der Waals surface area contributed by atoms with Crippen LogP contribution in [-0.4, -0.2) is 5.11 Å². The second-order valence-electron chi connectivity index (χ2n) is 4.92. The molecule has 2 unspecified atom stereocenters. The molecule has 1 aromatic rings. The largest absolute Gasteiger partial charge is 0.384 e. The lowest BCUT2D eigenvalue weighted by atomic mass is 9.70. The normalized spacial score (nSPS) is 17.9. The molecule has 2 atom stereocenters. The third-order valence-electron chi connectivity index (χ3n) is 3.95. The molecule has 0 saturated carbocycles. The van der Waals surface area contributed by atoms with Crippen molar-refractivity contribution in [2.75, 3.05) is 0 Å². The first kappa shape index (κ1) is 13.7. The lowest BCUT2D eigenvalue weighted by Gasteiger charge is -2.37. The zero-order valence-electron chi connectivity index (χ0n) is 11.1. The summed E-state index contributed by atoms with van der Waals surface area (Å²) in [6.07, 6.45) is 1.59. The van der Waals surface area contributed by atoms with E-state index >= 15 is 0 Å². The van der Waals surface area contributed by atoms with Gasteiger partial charge in [-0.25, -0.2) is 0 Å². The fourth-order valence-corrected chi connectivity index (χ4v) is 1.92.